The van der Waals surface area contributed by atoms with Gasteiger partial charge < -0.3 is 9.64 Å². The summed E-state index contributed by atoms with van der Waals surface area (Å²) in [5, 5.41) is 1.17. The summed E-state index contributed by atoms with van der Waals surface area (Å²) in [6.07, 6.45) is 12.5. The smallest absolute Gasteiger partial charge is 0.0468 e. The van der Waals surface area contributed by atoms with Crippen LogP contribution in [0, 0.1) is 5.92 Å². The summed E-state index contributed by atoms with van der Waals surface area (Å²) < 4.78 is 5.43. The Kier molecular flexibility index (Phi) is 7.77. The number of halogens is 1. The van der Waals surface area contributed by atoms with Gasteiger partial charge in [0.2, 0.25) is 0 Å². The lowest BCUT2D eigenvalue weighted by Crippen LogP contribution is -2.30. The SMILES string of the molecule is BrCCCC1CCCN1CCCCC1CCOCC1. The molecule has 3 heteroatoms. The minimum absolute atomic E-state index is 0.889. The third kappa shape index (κ3) is 5.73. The molecular weight excluding hydrogens is 302 g/mol. The fourth-order valence-corrected chi connectivity index (χ4v) is 3.94. The monoisotopic (exact) mass is 331 g/mol. The van der Waals surface area contributed by atoms with Crippen LogP contribution in [0.25, 0.3) is 0 Å². The van der Waals surface area contributed by atoms with Crippen LogP contribution in [-0.4, -0.2) is 42.6 Å². The summed E-state index contributed by atoms with van der Waals surface area (Å²) in [6, 6.07) is 0.889. The third-order valence-corrected chi connectivity index (χ3v) is 5.38. The second-order valence-corrected chi connectivity index (χ2v) is 7.01. The molecule has 2 fully saturated rings. The van der Waals surface area contributed by atoms with Crippen molar-refractivity contribution in [3.8, 4) is 0 Å². The predicted octanol–water partition coefficient (Wildman–Crippen LogP) is 4.22. The van der Waals surface area contributed by atoms with Gasteiger partial charge >= 0.3 is 0 Å². The van der Waals surface area contributed by atoms with Gasteiger partial charge in [-0.05, 0) is 64.0 Å². The average molecular weight is 332 g/mol. The Balaban J connectivity index is 1.54. The molecule has 0 spiro atoms. The zero-order valence-electron chi connectivity index (χ0n) is 12.3. The summed E-state index contributed by atoms with van der Waals surface area (Å²) in [6.45, 7) is 4.71. The van der Waals surface area contributed by atoms with Crippen molar-refractivity contribution < 1.29 is 4.74 Å². The Hall–Kier alpha value is 0.400. The van der Waals surface area contributed by atoms with E-state index in [1.165, 1.54) is 76.2 Å². The molecule has 19 heavy (non-hydrogen) atoms. The van der Waals surface area contributed by atoms with Crippen LogP contribution in [0.1, 0.15) is 57.8 Å². The van der Waals surface area contributed by atoms with Crippen LogP contribution in [0.3, 0.4) is 0 Å². The van der Waals surface area contributed by atoms with Crippen LogP contribution in [0.15, 0.2) is 0 Å². The first-order valence-electron chi connectivity index (χ1n) is 8.28. The molecule has 1 unspecified atom stereocenters. The molecule has 2 rings (SSSR count). The van der Waals surface area contributed by atoms with Crippen LogP contribution in [0.4, 0.5) is 0 Å². The van der Waals surface area contributed by atoms with Crippen molar-refractivity contribution >= 4 is 15.9 Å². The minimum atomic E-state index is 0.889. The highest BCUT2D eigenvalue weighted by atomic mass is 79.9. The molecule has 2 heterocycles. The van der Waals surface area contributed by atoms with Crippen molar-refractivity contribution in [2.75, 3.05) is 31.6 Å². The fourth-order valence-electron chi connectivity index (χ4n) is 3.61. The maximum Gasteiger partial charge on any atom is 0.0468 e. The van der Waals surface area contributed by atoms with Crippen molar-refractivity contribution in [1.82, 2.24) is 4.90 Å². The molecule has 0 radical (unpaired) electrons. The number of hydrogen-bond donors (Lipinski definition) is 0. The third-order valence-electron chi connectivity index (χ3n) is 4.82. The van der Waals surface area contributed by atoms with E-state index in [0.717, 1.165) is 25.2 Å². The highest BCUT2D eigenvalue weighted by Crippen LogP contribution is 2.24. The quantitative estimate of drug-likeness (QED) is 0.487. The number of nitrogens with zero attached hydrogens (tertiary/aromatic N) is 1. The first-order chi connectivity index (χ1) is 9.40. The van der Waals surface area contributed by atoms with E-state index < -0.39 is 0 Å². The number of alkyl halides is 1. The lowest BCUT2D eigenvalue weighted by molar-refractivity contribution is 0.0628. The first kappa shape index (κ1) is 15.8. The Morgan fingerprint density at radius 2 is 1.84 bits per heavy atom. The van der Waals surface area contributed by atoms with Gasteiger partial charge in [-0.3, -0.25) is 0 Å². The van der Waals surface area contributed by atoms with Gasteiger partial charge in [-0.1, -0.05) is 28.8 Å². The van der Waals surface area contributed by atoms with Gasteiger partial charge in [0.25, 0.3) is 0 Å². The number of hydrogen-bond acceptors (Lipinski definition) is 2. The summed E-state index contributed by atoms with van der Waals surface area (Å²) in [7, 11) is 0. The molecule has 1 atom stereocenters. The maximum absolute atomic E-state index is 5.43. The summed E-state index contributed by atoms with van der Waals surface area (Å²) in [4.78, 5) is 2.76. The highest BCUT2D eigenvalue weighted by molar-refractivity contribution is 9.09. The lowest BCUT2D eigenvalue weighted by atomic mass is 9.94. The average Bonchev–Trinajstić information content (AvgIpc) is 2.90. The normalized spacial score (nSPS) is 26.1. The van der Waals surface area contributed by atoms with Crippen molar-refractivity contribution in [3.05, 3.63) is 0 Å². The Morgan fingerprint density at radius 3 is 2.63 bits per heavy atom. The second kappa shape index (κ2) is 9.36. The first-order valence-corrected chi connectivity index (χ1v) is 9.40. The lowest BCUT2D eigenvalue weighted by Gasteiger charge is -2.25. The van der Waals surface area contributed by atoms with Crippen molar-refractivity contribution in [1.29, 1.82) is 0 Å². The number of rotatable bonds is 8. The molecule has 0 saturated carbocycles. The molecule has 2 saturated heterocycles. The standard InChI is InChI=1S/C16H30BrNO/c17-10-3-6-16-7-4-12-18(16)11-2-1-5-15-8-13-19-14-9-15/h15-16H,1-14H2. The molecule has 2 nitrogen and oxygen atoms in total. The van der Waals surface area contributed by atoms with Gasteiger partial charge in [-0.2, -0.15) is 0 Å². The number of likely N-dealkylation sites (tertiary alicyclic amines) is 1. The molecule has 0 aromatic heterocycles. The second-order valence-electron chi connectivity index (χ2n) is 6.21. The van der Waals surface area contributed by atoms with E-state index in [-0.39, 0.29) is 0 Å². The topological polar surface area (TPSA) is 12.5 Å². The van der Waals surface area contributed by atoms with E-state index in [4.69, 9.17) is 4.74 Å². The van der Waals surface area contributed by atoms with Crippen LogP contribution < -0.4 is 0 Å². The summed E-state index contributed by atoms with van der Waals surface area (Å²) in [5.41, 5.74) is 0. The van der Waals surface area contributed by atoms with Crippen molar-refractivity contribution in [3.63, 3.8) is 0 Å². The molecule has 0 amide bonds. The van der Waals surface area contributed by atoms with Crippen LogP contribution in [0.2, 0.25) is 0 Å². The number of ether oxygens (including phenoxy) is 1. The zero-order valence-corrected chi connectivity index (χ0v) is 13.9. The van der Waals surface area contributed by atoms with Gasteiger partial charge in [-0.25, -0.2) is 0 Å². The van der Waals surface area contributed by atoms with Gasteiger partial charge in [0.05, 0.1) is 0 Å². The Bertz CT molecular complexity index is 231. The van der Waals surface area contributed by atoms with E-state index >= 15 is 0 Å². The van der Waals surface area contributed by atoms with Crippen molar-refractivity contribution in [2.24, 2.45) is 5.92 Å². The van der Waals surface area contributed by atoms with Gasteiger partial charge in [0.15, 0.2) is 0 Å². The fraction of sp³-hybridized carbons (Fsp3) is 1.00. The molecule has 0 aromatic carbocycles. The molecular formula is C16H30BrNO. The summed E-state index contributed by atoms with van der Waals surface area (Å²) >= 11 is 3.56. The van der Waals surface area contributed by atoms with Crippen molar-refractivity contribution in [2.45, 2.75) is 63.8 Å². The highest BCUT2D eigenvalue weighted by Gasteiger charge is 2.23. The zero-order chi connectivity index (χ0) is 13.3. The Labute approximate surface area is 127 Å². The van der Waals surface area contributed by atoms with E-state index in [9.17, 15) is 0 Å². The van der Waals surface area contributed by atoms with E-state index in [1.807, 2.05) is 0 Å². The maximum atomic E-state index is 5.43. The van der Waals surface area contributed by atoms with Crippen LogP contribution in [-0.2, 0) is 4.74 Å². The van der Waals surface area contributed by atoms with Gasteiger partial charge in [-0.15, -0.1) is 0 Å². The minimum Gasteiger partial charge on any atom is -0.381 e. The van der Waals surface area contributed by atoms with Crippen LogP contribution in [0.5, 0.6) is 0 Å². The predicted molar refractivity (Wildman–Crippen MR) is 85.0 cm³/mol. The van der Waals surface area contributed by atoms with E-state index in [1.54, 1.807) is 0 Å². The molecule has 0 aromatic rings. The van der Waals surface area contributed by atoms with Gasteiger partial charge in [0, 0.05) is 24.6 Å². The molecule has 2 aliphatic rings. The Morgan fingerprint density at radius 1 is 1.00 bits per heavy atom. The largest absolute Gasteiger partial charge is 0.381 e. The molecule has 0 N–H and O–H groups in total. The molecule has 0 aliphatic carbocycles. The molecule has 0 bridgehead atoms. The summed E-state index contributed by atoms with van der Waals surface area (Å²) in [5.74, 6) is 0.955. The molecule has 112 valence electrons. The molecule has 2 aliphatic heterocycles. The van der Waals surface area contributed by atoms with E-state index in [0.29, 0.717) is 0 Å². The van der Waals surface area contributed by atoms with Gasteiger partial charge in [0.1, 0.15) is 0 Å². The number of unbranched alkanes of at least 4 members (excludes halogenated alkanes) is 1. The van der Waals surface area contributed by atoms with Crippen LogP contribution >= 0.6 is 15.9 Å². The van der Waals surface area contributed by atoms with E-state index in [2.05, 4.69) is 20.8 Å².